The normalized spacial score (nSPS) is 13.5. The van der Waals surface area contributed by atoms with Crippen LogP contribution in [0.1, 0.15) is 31.4 Å². The number of allylic oxidation sites excluding steroid dienone is 1. The van der Waals surface area contributed by atoms with Gasteiger partial charge in [0.1, 0.15) is 48.1 Å². The van der Waals surface area contributed by atoms with Gasteiger partial charge in [0.15, 0.2) is 11.5 Å². The van der Waals surface area contributed by atoms with Gasteiger partial charge in [-0.2, -0.15) is 0 Å². The Labute approximate surface area is 217 Å². The zero-order chi connectivity index (χ0) is 26.2. The fourth-order valence-corrected chi connectivity index (χ4v) is 3.75. The molecule has 3 aromatic rings. The number of aliphatic hydroxyl groups excluding tert-OH is 1. The zero-order valence-corrected chi connectivity index (χ0v) is 21.3. The summed E-state index contributed by atoms with van der Waals surface area (Å²) in [6.45, 7) is 9.54. The van der Waals surface area contributed by atoms with Gasteiger partial charge >= 0.3 is 0 Å². The number of nitrogens with one attached hydrogen (secondary N) is 1. The summed E-state index contributed by atoms with van der Waals surface area (Å²) in [6.07, 6.45) is 3.92. The minimum Gasteiger partial charge on any atom is -0.508 e. The molecule has 0 spiro atoms. The first-order chi connectivity index (χ1) is 17.9. The maximum absolute atomic E-state index is 10.1. The van der Waals surface area contributed by atoms with E-state index in [9.17, 15) is 5.11 Å². The molecule has 1 aliphatic rings. The summed E-state index contributed by atoms with van der Waals surface area (Å²) in [5, 5.41) is 13.3. The lowest BCUT2D eigenvalue weighted by atomic mass is 10.1. The molecule has 1 aromatic heterocycles. The van der Waals surface area contributed by atoms with E-state index in [1.54, 1.807) is 37.6 Å². The van der Waals surface area contributed by atoms with Gasteiger partial charge in [0.25, 0.3) is 0 Å². The fraction of sp³-hybridized carbons (Fsp3) is 0.276. The molecule has 8 heteroatoms. The average molecular weight is 505 g/mol. The highest BCUT2D eigenvalue weighted by Gasteiger charge is 2.15. The summed E-state index contributed by atoms with van der Waals surface area (Å²) in [5.41, 5.74) is 2.01. The lowest BCUT2D eigenvalue weighted by Gasteiger charge is -2.20. The predicted octanol–water partition coefficient (Wildman–Crippen LogP) is 6.45. The van der Waals surface area contributed by atoms with Gasteiger partial charge in [0.05, 0.1) is 6.61 Å². The van der Waals surface area contributed by atoms with E-state index in [4.69, 9.17) is 23.7 Å². The highest BCUT2D eigenvalue weighted by atomic mass is 16.6. The van der Waals surface area contributed by atoms with Crippen LogP contribution in [-0.2, 0) is 4.74 Å². The first kappa shape index (κ1) is 25.9. The molecule has 1 unspecified atom stereocenters. The molecule has 2 N–H and O–H groups in total. The molecule has 1 aliphatic heterocycles. The number of fused-ring (bicyclic) bond motifs is 1. The molecule has 37 heavy (non-hydrogen) atoms. The van der Waals surface area contributed by atoms with Crippen molar-refractivity contribution < 1.29 is 28.8 Å². The van der Waals surface area contributed by atoms with Gasteiger partial charge in [-0.25, -0.2) is 4.98 Å². The summed E-state index contributed by atoms with van der Waals surface area (Å²) in [7, 11) is 1.63. The van der Waals surface area contributed by atoms with Crippen molar-refractivity contribution >= 4 is 17.3 Å². The predicted molar refractivity (Wildman–Crippen MR) is 144 cm³/mol. The topological polar surface area (TPSA) is 91.3 Å². The van der Waals surface area contributed by atoms with Crippen molar-refractivity contribution in [3.8, 4) is 28.7 Å². The molecule has 0 fully saturated rings. The SMILES string of the molecule is C=C(Nc1ccc(/C(O)=C\CC)cn1)c1cc(Oc2ccc3c(c2)OCCO3)cc(OC(C)COC)c1. The number of rotatable bonds is 11. The van der Waals surface area contributed by atoms with E-state index in [1.807, 2.05) is 44.2 Å². The minimum absolute atomic E-state index is 0.165. The zero-order valence-electron chi connectivity index (χ0n) is 21.3. The lowest BCUT2D eigenvalue weighted by molar-refractivity contribution is 0.0919. The van der Waals surface area contributed by atoms with Gasteiger partial charge in [0.2, 0.25) is 0 Å². The molecule has 1 atom stereocenters. The Hall–Kier alpha value is -4.17. The standard InChI is InChI=1S/C29H32N2O6/c1-5-6-26(32)21-7-10-29(30-17-21)31-20(3)22-13-24(36-19(2)18-33-4)15-25(14-22)37-23-8-9-27-28(16-23)35-12-11-34-27/h6-10,13-17,19,32H,3,5,11-12,18H2,1-2,4H3,(H,30,31)/b26-6+. The van der Waals surface area contributed by atoms with Crippen LogP contribution in [0.4, 0.5) is 5.82 Å². The number of ether oxygens (including phenoxy) is 5. The third-order valence-corrected chi connectivity index (χ3v) is 5.45. The number of benzene rings is 2. The van der Waals surface area contributed by atoms with E-state index in [0.29, 0.717) is 65.6 Å². The number of pyridine rings is 1. The van der Waals surface area contributed by atoms with Crippen molar-refractivity contribution in [1.82, 2.24) is 4.98 Å². The Bertz CT molecular complexity index is 1260. The molecule has 0 radical (unpaired) electrons. The molecular weight excluding hydrogens is 472 g/mol. The van der Waals surface area contributed by atoms with E-state index in [1.165, 1.54) is 0 Å². The summed E-state index contributed by atoms with van der Waals surface area (Å²) < 4.78 is 28.7. The number of anilines is 1. The van der Waals surface area contributed by atoms with Crippen molar-refractivity contribution in [2.24, 2.45) is 0 Å². The van der Waals surface area contributed by atoms with Crippen molar-refractivity contribution in [3.63, 3.8) is 0 Å². The van der Waals surface area contributed by atoms with E-state index >= 15 is 0 Å². The molecule has 2 heterocycles. The Morgan fingerprint density at radius 3 is 2.57 bits per heavy atom. The maximum Gasteiger partial charge on any atom is 0.165 e. The molecule has 4 rings (SSSR count). The van der Waals surface area contributed by atoms with Crippen molar-refractivity contribution in [2.45, 2.75) is 26.4 Å². The molecule has 0 amide bonds. The second-order valence-corrected chi connectivity index (χ2v) is 8.52. The van der Waals surface area contributed by atoms with Crippen LogP contribution < -0.4 is 24.3 Å². The number of nitrogens with zero attached hydrogens (tertiary/aromatic N) is 1. The van der Waals surface area contributed by atoms with Gasteiger partial charge in [-0.3, -0.25) is 0 Å². The van der Waals surface area contributed by atoms with E-state index < -0.39 is 0 Å². The Kier molecular flexibility index (Phi) is 8.53. The Morgan fingerprint density at radius 1 is 1.05 bits per heavy atom. The number of hydrogen-bond donors (Lipinski definition) is 2. The van der Waals surface area contributed by atoms with Crippen LogP contribution in [0.2, 0.25) is 0 Å². The van der Waals surface area contributed by atoms with E-state index in [2.05, 4.69) is 16.9 Å². The number of hydrogen-bond acceptors (Lipinski definition) is 8. The maximum atomic E-state index is 10.1. The molecule has 0 saturated heterocycles. The molecule has 0 aliphatic carbocycles. The first-order valence-corrected chi connectivity index (χ1v) is 12.1. The van der Waals surface area contributed by atoms with Crippen molar-refractivity contribution in [1.29, 1.82) is 0 Å². The van der Waals surface area contributed by atoms with Crippen LogP contribution in [0.5, 0.6) is 28.7 Å². The van der Waals surface area contributed by atoms with Crippen LogP contribution in [0.25, 0.3) is 11.5 Å². The summed E-state index contributed by atoms with van der Waals surface area (Å²) in [4.78, 5) is 4.40. The first-order valence-electron chi connectivity index (χ1n) is 12.1. The van der Waals surface area contributed by atoms with Crippen molar-refractivity contribution in [3.05, 3.63) is 78.5 Å². The fourth-order valence-electron chi connectivity index (χ4n) is 3.75. The summed E-state index contributed by atoms with van der Waals surface area (Å²) in [5.74, 6) is 3.91. The molecule has 194 valence electrons. The molecule has 0 saturated carbocycles. The molecular formula is C29H32N2O6. The average Bonchev–Trinajstić information content (AvgIpc) is 2.89. The highest BCUT2D eigenvalue weighted by molar-refractivity contribution is 5.75. The van der Waals surface area contributed by atoms with Gasteiger partial charge < -0.3 is 34.1 Å². The van der Waals surface area contributed by atoms with Gasteiger partial charge in [0, 0.05) is 42.3 Å². The van der Waals surface area contributed by atoms with Gasteiger partial charge in [-0.1, -0.05) is 13.5 Å². The summed E-state index contributed by atoms with van der Waals surface area (Å²) >= 11 is 0. The van der Waals surface area contributed by atoms with Crippen LogP contribution >= 0.6 is 0 Å². The minimum atomic E-state index is -0.165. The Balaban J connectivity index is 1.56. The third-order valence-electron chi connectivity index (χ3n) is 5.45. The van der Waals surface area contributed by atoms with Crippen LogP contribution in [0.3, 0.4) is 0 Å². The van der Waals surface area contributed by atoms with Crippen LogP contribution in [-0.4, -0.2) is 43.1 Å². The number of methoxy groups -OCH3 is 1. The van der Waals surface area contributed by atoms with Gasteiger partial charge in [-0.05, 0) is 55.8 Å². The molecule has 8 nitrogen and oxygen atoms in total. The van der Waals surface area contributed by atoms with Crippen molar-refractivity contribution in [2.75, 3.05) is 32.2 Å². The Morgan fingerprint density at radius 2 is 1.84 bits per heavy atom. The van der Waals surface area contributed by atoms with E-state index in [-0.39, 0.29) is 11.9 Å². The third kappa shape index (κ3) is 6.95. The van der Waals surface area contributed by atoms with Crippen LogP contribution in [0, 0.1) is 0 Å². The van der Waals surface area contributed by atoms with Crippen LogP contribution in [0.15, 0.2) is 67.4 Å². The van der Waals surface area contributed by atoms with Gasteiger partial charge in [-0.15, -0.1) is 0 Å². The number of aromatic nitrogens is 1. The monoisotopic (exact) mass is 504 g/mol. The largest absolute Gasteiger partial charge is 0.508 e. The highest BCUT2D eigenvalue weighted by Crippen LogP contribution is 2.37. The quantitative estimate of drug-likeness (QED) is 0.288. The second kappa shape index (κ2) is 12.2. The molecule has 0 bridgehead atoms. The molecule has 2 aromatic carbocycles. The lowest BCUT2D eigenvalue weighted by Crippen LogP contribution is -2.18. The van der Waals surface area contributed by atoms with E-state index in [0.717, 1.165) is 12.0 Å². The smallest absolute Gasteiger partial charge is 0.165 e. The summed E-state index contributed by atoms with van der Waals surface area (Å²) in [6, 6.07) is 14.6. The number of aliphatic hydroxyl groups is 1. The second-order valence-electron chi connectivity index (χ2n) is 8.52.